The monoisotopic (exact) mass is 538 g/mol. The maximum atomic E-state index is 15.0. The molecule has 3 aromatic rings. The standard InChI is InChI=1S/C29H28F6O3/c1-2-3-21(36)20-11-10-19(26(32)27(20)33)16-6-4-15(5-7-16)18-9-8-17(24(30)25(18)31)14-38-23-13-12-22(37)28(34)29(23)35/h8-13,15-16,21,36-37H,2-7,14H2,1H3. The molecule has 0 heterocycles. The first kappa shape index (κ1) is 27.8. The number of aliphatic hydroxyl groups is 1. The number of aromatic hydroxyl groups is 1. The first-order valence-corrected chi connectivity index (χ1v) is 12.6. The number of halogens is 6. The lowest BCUT2D eigenvalue weighted by Gasteiger charge is -2.30. The summed E-state index contributed by atoms with van der Waals surface area (Å²) in [6.07, 6.45) is 1.60. The molecule has 4 rings (SSSR count). The summed E-state index contributed by atoms with van der Waals surface area (Å²) in [5, 5.41) is 19.2. The summed E-state index contributed by atoms with van der Waals surface area (Å²) >= 11 is 0. The van der Waals surface area contributed by atoms with Crippen LogP contribution in [0.4, 0.5) is 26.3 Å². The summed E-state index contributed by atoms with van der Waals surface area (Å²) in [5.41, 5.74) is 0.0964. The second kappa shape index (κ2) is 11.7. The number of aliphatic hydroxyl groups excluding tert-OH is 1. The molecule has 204 valence electrons. The van der Waals surface area contributed by atoms with E-state index in [2.05, 4.69) is 0 Å². The fraction of sp³-hybridized carbons (Fsp3) is 0.379. The van der Waals surface area contributed by atoms with E-state index in [0.29, 0.717) is 38.5 Å². The highest BCUT2D eigenvalue weighted by molar-refractivity contribution is 5.35. The SMILES string of the molecule is CCCC(O)c1ccc(C2CCC(c3ccc(COc4ccc(O)c(F)c4F)c(F)c3F)CC2)c(F)c1F. The number of hydrogen-bond acceptors (Lipinski definition) is 3. The number of ether oxygens (including phenoxy) is 1. The minimum absolute atomic E-state index is 0.0679. The van der Waals surface area contributed by atoms with Gasteiger partial charge in [0.2, 0.25) is 11.6 Å². The molecule has 1 unspecified atom stereocenters. The highest BCUT2D eigenvalue weighted by Gasteiger charge is 2.30. The van der Waals surface area contributed by atoms with Crippen molar-refractivity contribution in [2.45, 2.75) is 70.0 Å². The predicted molar refractivity (Wildman–Crippen MR) is 129 cm³/mol. The Labute approximate surface area is 216 Å². The Kier molecular flexibility index (Phi) is 8.55. The molecule has 0 aliphatic heterocycles. The zero-order chi connectivity index (χ0) is 27.6. The smallest absolute Gasteiger partial charge is 0.204 e. The minimum Gasteiger partial charge on any atom is -0.505 e. The van der Waals surface area contributed by atoms with Gasteiger partial charge in [0.25, 0.3) is 0 Å². The van der Waals surface area contributed by atoms with E-state index in [1.807, 2.05) is 6.92 Å². The van der Waals surface area contributed by atoms with Gasteiger partial charge in [-0.05, 0) is 67.2 Å². The Morgan fingerprint density at radius 2 is 1.32 bits per heavy atom. The number of benzene rings is 3. The quantitative estimate of drug-likeness (QED) is 0.285. The predicted octanol–water partition coefficient (Wildman–Crippen LogP) is 8.08. The first-order valence-electron chi connectivity index (χ1n) is 12.6. The zero-order valence-electron chi connectivity index (χ0n) is 20.7. The Morgan fingerprint density at radius 3 is 1.92 bits per heavy atom. The summed E-state index contributed by atoms with van der Waals surface area (Å²) < 4.78 is 91.6. The van der Waals surface area contributed by atoms with Gasteiger partial charge in [-0.3, -0.25) is 0 Å². The first-order chi connectivity index (χ1) is 18.1. The number of hydrogen-bond donors (Lipinski definition) is 2. The van der Waals surface area contributed by atoms with E-state index in [-0.39, 0.29) is 34.1 Å². The molecule has 38 heavy (non-hydrogen) atoms. The summed E-state index contributed by atoms with van der Waals surface area (Å²) in [5.74, 6) is -9.30. The van der Waals surface area contributed by atoms with Gasteiger partial charge in [0, 0.05) is 11.1 Å². The summed E-state index contributed by atoms with van der Waals surface area (Å²) in [6.45, 7) is 1.27. The van der Waals surface area contributed by atoms with Crippen LogP contribution in [-0.4, -0.2) is 10.2 Å². The second-order valence-corrected chi connectivity index (χ2v) is 9.67. The molecule has 0 amide bonds. The molecular weight excluding hydrogens is 510 g/mol. The number of phenolic OH excluding ortho intramolecular Hbond substituents is 1. The van der Waals surface area contributed by atoms with Crippen molar-refractivity contribution in [3.8, 4) is 11.5 Å². The summed E-state index contributed by atoms with van der Waals surface area (Å²) in [4.78, 5) is 0. The number of rotatable bonds is 8. The van der Waals surface area contributed by atoms with Crippen molar-refractivity contribution in [1.82, 2.24) is 0 Å². The summed E-state index contributed by atoms with van der Waals surface area (Å²) in [6, 6.07) is 7.49. The van der Waals surface area contributed by atoms with Crippen molar-refractivity contribution in [3.05, 3.63) is 93.6 Å². The average molecular weight is 539 g/mol. The van der Waals surface area contributed by atoms with Crippen molar-refractivity contribution < 1.29 is 41.3 Å². The van der Waals surface area contributed by atoms with E-state index < -0.39 is 59.1 Å². The lowest BCUT2D eigenvalue weighted by Crippen LogP contribution is -2.16. The van der Waals surface area contributed by atoms with Gasteiger partial charge < -0.3 is 14.9 Å². The maximum Gasteiger partial charge on any atom is 0.204 e. The Hall–Kier alpha value is -3.20. The van der Waals surface area contributed by atoms with Crippen molar-refractivity contribution in [3.63, 3.8) is 0 Å². The Bertz CT molecular complexity index is 1300. The molecule has 0 saturated heterocycles. The van der Waals surface area contributed by atoms with E-state index in [1.165, 1.54) is 24.3 Å². The van der Waals surface area contributed by atoms with Crippen LogP contribution in [0.5, 0.6) is 11.5 Å². The molecule has 0 aromatic heterocycles. The van der Waals surface area contributed by atoms with E-state index in [4.69, 9.17) is 4.74 Å². The second-order valence-electron chi connectivity index (χ2n) is 9.67. The van der Waals surface area contributed by atoms with Gasteiger partial charge in [-0.1, -0.05) is 37.6 Å². The lowest BCUT2D eigenvalue weighted by atomic mass is 9.75. The van der Waals surface area contributed by atoms with Crippen LogP contribution in [0.2, 0.25) is 0 Å². The largest absolute Gasteiger partial charge is 0.505 e. The molecule has 1 fully saturated rings. The topological polar surface area (TPSA) is 49.7 Å². The van der Waals surface area contributed by atoms with Crippen LogP contribution in [0.25, 0.3) is 0 Å². The third-order valence-corrected chi connectivity index (χ3v) is 7.27. The van der Waals surface area contributed by atoms with E-state index in [0.717, 1.165) is 12.1 Å². The highest BCUT2D eigenvalue weighted by atomic mass is 19.2. The molecule has 0 spiro atoms. The third-order valence-electron chi connectivity index (χ3n) is 7.27. The van der Waals surface area contributed by atoms with E-state index in [9.17, 15) is 36.6 Å². The van der Waals surface area contributed by atoms with Gasteiger partial charge in [-0.2, -0.15) is 8.78 Å². The summed E-state index contributed by atoms with van der Waals surface area (Å²) in [7, 11) is 0. The van der Waals surface area contributed by atoms with Crippen molar-refractivity contribution in [2.24, 2.45) is 0 Å². The van der Waals surface area contributed by atoms with Crippen LogP contribution in [0.1, 0.15) is 85.6 Å². The van der Waals surface area contributed by atoms with Crippen molar-refractivity contribution in [2.75, 3.05) is 0 Å². The van der Waals surface area contributed by atoms with Crippen LogP contribution in [0.15, 0.2) is 36.4 Å². The van der Waals surface area contributed by atoms with Crippen LogP contribution in [0, 0.1) is 34.9 Å². The van der Waals surface area contributed by atoms with Crippen molar-refractivity contribution >= 4 is 0 Å². The van der Waals surface area contributed by atoms with Crippen molar-refractivity contribution in [1.29, 1.82) is 0 Å². The zero-order valence-corrected chi connectivity index (χ0v) is 20.7. The number of phenols is 1. The molecule has 3 nitrogen and oxygen atoms in total. The maximum absolute atomic E-state index is 15.0. The fourth-order valence-electron chi connectivity index (χ4n) is 5.12. The Balaban J connectivity index is 1.43. The minimum atomic E-state index is -1.51. The lowest BCUT2D eigenvalue weighted by molar-refractivity contribution is 0.160. The third kappa shape index (κ3) is 5.48. The van der Waals surface area contributed by atoms with E-state index >= 15 is 0 Å². The van der Waals surface area contributed by atoms with E-state index in [1.54, 1.807) is 0 Å². The average Bonchev–Trinajstić information content (AvgIpc) is 2.91. The molecule has 1 aliphatic rings. The fourth-order valence-corrected chi connectivity index (χ4v) is 5.12. The van der Waals surface area contributed by atoms with Gasteiger partial charge in [-0.15, -0.1) is 0 Å². The normalized spacial score (nSPS) is 18.4. The molecule has 0 radical (unpaired) electrons. The van der Waals surface area contributed by atoms with Gasteiger partial charge in [0.1, 0.15) is 6.61 Å². The van der Waals surface area contributed by atoms with Crippen LogP contribution >= 0.6 is 0 Å². The van der Waals surface area contributed by atoms with Gasteiger partial charge >= 0.3 is 0 Å². The van der Waals surface area contributed by atoms with Crippen LogP contribution < -0.4 is 4.74 Å². The van der Waals surface area contributed by atoms with Gasteiger partial charge in [0.15, 0.2) is 34.8 Å². The molecule has 1 aliphatic carbocycles. The van der Waals surface area contributed by atoms with Crippen LogP contribution in [0.3, 0.4) is 0 Å². The molecule has 1 saturated carbocycles. The molecule has 1 atom stereocenters. The molecule has 2 N–H and O–H groups in total. The molecule has 3 aromatic carbocycles. The molecular formula is C29H28F6O3. The van der Waals surface area contributed by atoms with Crippen LogP contribution in [-0.2, 0) is 6.61 Å². The highest BCUT2D eigenvalue weighted by Crippen LogP contribution is 2.43. The molecule has 0 bridgehead atoms. The van der Waals surface area contributed by atoms with Gasteiger partial charge in [-0.25, -0.2) is 17.6 Å². The van der Waals surface area contributed by atoms with Gasteiger partial charge in [0.05, 0.1) is 6.10 Å². The molecule has 9 heteroatoms. The Morgan fingerprint density at radius 1 is 0.737 bits per heavy atom.